The van der Waals surface area contributed by atoms with Gasteiger partial charge in [0.05, 0.1) is 46.2 Å². The van der Waals surface area contributed by atoms with Crippen molar-refractivity contribution in [2.75, 3.05) is 65.2 Å². The minimum Gasteiger partial charge on any atom is -0.491 e. The number of unbranched alkanes of at least 4 members (excludes halogenated alkanes) is 13. The van der Waals surface area contributed by atoms with Crippen molar-refractivity contribution < 1.29 is 23.7 Å². The molecule has 36 heavy (non-hydrogen) atoms. The van der Waals surface area contributed by atoms with Gasteiger partial charge in [-0.25, -0.2) is 0 Å². The van der Waals surface area contributed by atoms with E-state index in [0.717, 1.165) is 24.5 Å². The van der Waals surface area contributed by atoms with Gasteiger partial charge in [-0.05, 0) is 30.7 Å². The van der Waals surface area contributed by atoms with E-state index in [0.29, 0.717) is 52.9 Å². The average molecular weight is 510 g/mol. The van der Waals surface area contributed by atoms with Crippen molar-refractivity contribution in [2.45, 2.75) is 96.8 Å². The van der Waals surface area contributed by atoms with E-state index in [9.17, 15) is 0 Å². The van der Waals surface area contributed by atoms with Crippen molar-refractivity contribution in [1.29, 1.82) is 0 Å². The molecule has 0 bridgehead atoms. The molecule has 0 aliphatic carbocycles. The fourth-order valence-corrected chi connectivity index (χ4v) is 3.94. The predicted octanol–water partition coefficient (Wildman–Crippen LogP) is 7.20. The van der Waals surface area contributed by atoms with Gasteiger partial charge in [0, 0.05) is 12.3 Å². The highest BCUT2D eigenvalue weighted by molar-refractivity contribution is 5.41. The lowest BCUT2D eigenvalue weighted by molar-refractivity contribution is -0.00487. The highest BCUT2D eigenvalue weighted by atomic mass is 16.6. The van der Waals surface area contributed by atoms with E-state index in [1.54, 1.807) is 0 Å². The Hall–Kier alpha value is -1.34. The SMILES string of the molecule is CCCCCCCCCCCCCCCCOCCOCCOCCOCCOc1ccc(N)cc1. The zero-order valence-electron chi connectivity index (χ0n) is 23.2. The van der Waals surface area contributed by atoms with Crippen molar-refractivity contribution in [3.8, 4) is 5.75 Å². The summed E-state index contributed by atoms with van der Waals surface area (Å²) in [5.41, 5.74) is 6.37. The van der Waals surface area contributed by atoms with Crippen LogP contribution in [0.15, 0.2) is 24.3 Å². The Kier molecular flexibility index (Phi) is 24.3. The smallest absolute Gasteiger partial charge is 0.119 e. The first kappa shape index (κ1) is 32.7. The van der Waals surface area contributed by atoms with Gasteiger partial charge in [0.1, 0.15) is 12.4 Å². The second-order valence-corrected chi connectivity index (χ2v) is 9.46. The first-order valence-electron chi connectivity index (χ1n) is 14.6. The molecule has 0 fully saturated rings. The predicted molar refractivity (Wildman–Crippen MR) is 150 cm³/mol. The van der Waals surface area contributed by atoms with Gasteiger partial charge < -0.3 is 29.4 Å². The van der Waals surface area contributed by atoms with Gasteiger partial charge >= 0.3 is 0 Å². The molecule has 0 atom stereocenters. The maximum absolute atomic E-state index is 5.66. The quantitative estimate of drug-likeness (QED) is 0.0951. The number of benzene rings is 1. The van der Waals surface area contributed by atoms with Gasteiger partial charge in [-0.15, -0.1) is 0 Å². The number of nitrogen functional groups attached to an aromatic ring is 1. The third-order valence-electron chi connectivity index (χ3n) is 6.13. The summed E-state index contributed by atoms with van der Waals surface area (Å²) in [6, 6.07) is 7.34. The van der Waals surface area contributed by atoms with E-state index < -0.39 is 0 Å². The molecule has 0 spiro atoms. The third-order valence-corrected chi connectivity index (χ3v) is 6.13. The second-order valence-electron chi connectivity index (χ2n) is 9.46. The second kappa shape index (κ2) is 26.7. The van der Waals surface area contributed by atoms with Crippen LogP contribution in [0.25, 0.3) is 0 Å². The minimum absolute atomic E-state index is 0.506. The molecule has 6 nitrogen and oxygen atoms in total. The normalized spacial score (nSPS) is 11.2. The van der Waals surface area contributed by atoms with E-state index in [1.165, 1.54) is 83.5 Å². The molecule has 0 aromatic heterocycles. The molecular formula is C30H55NO5. The molecular weight excluding hydrogens is 454 g/mol. The minimum atomic E-state index is 0.506. The molecule has 0 heterocycles. The molecule has 210 valence electrons. The van der Waals surface area contributed by atoms with Crippen molar-refractivity contribution in [1.82, 2.24) is 0 Å². The van der Waals surface area contributed by atoms with Gasteiger partial charge in [0.15, 0.2) is 0 Å². The summed E-state index contributed by atoms with van der Waals surface area (Å²) < 4.78 is 27.8. The molecule has 0 aliphatic heterocycles. The summed E-state index contributed by atoms with van der Waals surface area (Å²) in [4.78, 5) is 0. The van der Waals surface area contributed by atoms with Crippen molar-refractivity contribution in [3.05, 3.63) is 24.3 Å². The molecule has 0 aliphatic rings. The van der Waals surface area contributed by atoms with Crippen LogP contribution in [0.4, 0.5) is 5.69 Å². The van der Waals surface area contributed by atoms with Gasteiger partial charge in [-0.2, -0.15) is 0 Å². The van der Waals surface area contributed by atoms with Crippen LogP contribution in [0, 0.1) is 0 Å². The van der Waals surface area contributed by atoms with Crippen LogP contribution in [0.3, 0.4) is 0 Å². The summed E-state index contributed by atoms with van der Waals surface area (Å²) in [6.45, 7) is 7.72. The highest BCUT2D eigenvalue weighted by Crippen LogP contribution is 2.13. The third kappa shape index (κ3) is 23.1. The van der Waals surface area contributed by atoms with Gasteiger partial charge in [-0.3, -0.25) is 0 Å². The van der Waals surface area contributed by atoms with Crippen LogP contribution in [0.1, 0.15) is 96.8 Å². The molecule has 1 aromatic rings. The van der Waals surface area contributed by atoms with Crippen LogP contribution in [0.2, 0.25) is 0 Å². The number of anilines is 1. The summed E-state index contributed by atoms with van der Waals surface area (Å²) >= 11 is 0. The molecule has 6 heteroatoms. The van der Waals surface area contributed by atoms with Crippen molar-refractivity contribution in [2.24, 2.45) is 0 Å². The van der Waals surface area contributed by atoms with Crippen LogP contribution in [-0.4, -0.2) is 59.5 Å². The van der Waals surface area contributed by atoms with Crippen LogP contribution >= 0.6 is 0 Å². The number of ether oxygens (including phenoxy) is 5. The molecule has 1 rings (SSSR count). The molecule has 0 unspecified atom stereocenters. The number of hydrogen-bond donors (Lipinski definition) is 1. The summed E-state index contributed by atoms with van der Waals surface area (Å²) in [7, 11) is 0. The Labute approximate surface area is 221 Å². The number of rotatable bonds is 28. The number of hydrogen-bond acceptors (Lipinski definition) is 6. The zero-order valence-corrected chi connectivity index (χ0v) is 23.2. The maximum Gasteiger partial charge on any atom is 0.119 e. The van der Waals surface area contributed by atoms with Crippen LogP contribution in [0.5, 0.6) is 5.75 Å². The molecule has 0 saturated heterocycles. The fraction of sp³-hybridized carbons (Fsp3) is 0.800. The molecule has 2 N–H and O–H groups in total. The van der Waals surface area contributed by atoms with Gasteiger partial charge in [0.2, 0.25) is 0 Å². The Morgan fingerprint density at radius 2 is 0.806 bits per heavy atom. The summed E-state index contributed by atoms with van der Waals surface area (Å²) in [6.07, 6.45) is 19.4. The van der Waals surface area contributed by atoms with Crippen LogP contribution in [-0.2, 0) is 18.9 Å². The molecule has 0 radical (unpaired) electrons. The number of nitrogens with two attached hydrogens (primary N) is 1. The van der Waals surface area contributed by atoms with Crippen LogP contribution < -0.4 is 10.5 Å². The zero-order chi connectivity index (χ0) is 25.8. The molecule has 0 amide bonds. The van der Waals surface area contributed by atoms with Crippen molar-refractivity contribution >= 4 is 5.69 Å². The van der Waals surface area contributed by atoms with Crippen molar-refractivity contribution in [3.63, 3.8) is 0 Å². The summed E-state index contributed by atoms with van der Waals surface area (Å²) in [5.74, 6) is 0.796. The van der Waals surface area contributed by atoms with E-state index in [1.807, 2.05) is 24.3 Å². The standard InChI is InChI=1S/C30H55NO5/c1-2-3-4-5-6-7-8-9-10-11-12-13-14-15-20-32-21-22-33-23-24-34-25-26-35-27-28-36-30-18-16-29(31)17-19-30/h16-19H,2-15,20-28,31H2,1H3. The fourth-order valence-electron chi connectivity index (χ4n) is 3.94. The average Bonchev–Trinajstić information content (AvgIpc) is 2.89. The molecule has 1 aromatic carbocycles. The monoisotopic (exact) mass is 509 g/mol. The Balaban J connectivity index is 1.65. The Morgan fingerprint density at radius 3 is 1.25 bits per heavy atom. The first-order valence-corrected chi connectivity index (χ1v) is 14.6. The first-order chi connectivity index (χ1) is 17.8. The summed E-state index contributed by atoms with van der Waals surface area (Å²) in [5, 5.41) is 0. The lowest BCUT2D eigenvalue weighted by Gasteiger charge is -2.08. The lowest BCUT2D eigenvalue weighted by Crippen LogP contribution is -2.13. The maximum atomic E-state index is 5.66. The van der Waals surface area contributed by atoms with Gasteiger partial charge in [-0.1, -0.05) is 90.4 Å². The van der Waals surface area contributed by atoms with E-state index in [4.69, 9.17) is 29.4 Å². The Morgan fingerprint density at radius 1 is 0.444 bits per heavy atom. The largest absolute Gasteiger partial charge is 0.491 e. The van der Waals surface area contributed by atoms with Gasteiger partial charge in [0.25, 0.3) is 0 Å². The molecule has 0 saturated carbocycles. The van der Waals surface area contributed by atoms with E-state index in [2.05, 4.69) is 6.92 Å². The highest BCUT2D eigenvalue weighted by Gasteiger charge is 1.97. The van der Waals surface area contributed by atoms with E-state index >= 15 is 0 Å². The van der Waals surface area contributed by atoms with E-state index in [-0.39, 0.29) is 0 Å². The Bertz CT molecular complexity index is 555. The topological polar surface area (TPSA) is 72.2 Å². The lowest BCUT2D eigenvalue weighted by atomic mass is 10.0.